The van der Waals surface area contributed by atoms with Gasteiger partial charge in [0.05, 0.1) is 19.4 Å². The lowest BCUT2D eigenvalue weighted by Gasteiger charge is -2.26. The number of rotatable bonds is 4. The van der Waals surface area contributed by atoms with E-state index in [0.29, 0.717) is 24.0 Å². The molecule has 0 aliphatic carbocycles. The predicted molar refractivity (Wildman–Crippen MR) is 107 cm³/mol. The maximum atomic E-state index is 8.26. The van der Waals surface area contributed by atoms with Crippen LogP contribution in [-0.4, -0.2) is 48.0 Å². The van der Waals surface area contributed by atoms with Gasteiger partial charge >= 0.3 is 0 Å². The Morgan fingerprint density at radius 2 is 1.93 bits per heavy atom. The van der Waals surface area contributed by atoms with Crippen molar-refractivity contribution in [3.8, 4) is 0 Å². The Morgan fingerprint density at radius 1 is 1.22 bits per heavy atom. The van der Waals surface area contributed by atoms with Crippen LogP contribution in [0.3, 0.4) is 0 Å². The number of nitrogens with one attached hydrogen (secondary N) is 2. The van der Waals surface area contributed by atoms with Crippen LogP contribution in [0, 0.1) is 12.3 Å². The third-order valence-electron chi connectivity index (χ3n) is 4.14. The van der Waals surface area contributed by atoms with E-state index in [2.05, 4.69) is 39.6 Å². The van der Waals surface area contributed by atoms with Gasteiger partial charge in [0, 0.05) is 31.2 Å². The Kier molecular flexibility index (Phi) is 5.61. The zero-order valence-corrected chi connectivity index (χ0v) is 15.6. The highest BCUT2D eigenvalue weighted by Crippen LogP contribution is 2.15. The van der Waals surface area contributed by atoms with Crippen LogP contribution in [0.4, 0.5) is 0 Å². The fraction of sp³-hybridized carbons (Fsp3) is 0.200. The molecule has 0 bridgehead atoms. The smallest absolute Gasteiger partial charge is 0.238 e. The molecule has 0 radical (unpaired) electrons. The minimum atomic E-state index is 0.330. The molecule has 1 aliphatic rings. The summed E-state index contributed by atoms with van der Waals surface area (Å²) in [6.07, 6.45) is 4.95. The summed E-state index contributed by atoms with van der Waals surface area (Å²) in [5.41, 5.74) is 7.31. The second-order valence-corrected chi connectivity index (χ2v) is 6.14. The first-order chi connectivity index (χ1) is 13.1. The van der Waals surface area contributed by atoms with Crippen molar-refractivity contribution in [3.63, 3.8) is 0 Å². The molecule has 138 valence electrons. The van der Waals surface area contributed by atoms with Crippen molar-refractivity contribution in [2.75, 3.05) is 20.7 Å². The fourth-order valence-corrected chi connectivity index (χ4v) is 2.61. The van der Waals surface area contributed by atoms with Crippen LogP contribution in [0.1, 0.15) is 16.7 Å². The Hall–Kier alpha value is -3.48. The number of likely N-dealkylation sites (N-methyl/N-ethyl adjacent to an activating group) is 1. The Balaban J connectivity index is 1.84. The molecule has 2 N–H and O–H groups in total. The molecule has 7 heteroatoms. The molecule has 0 saturated carbocycles. The molecule has 2 aromatic rings. The van der Waals surface area contributed by atoms with Crippen molar-refractivity contribution >= 4 is 17.4 Å². The molecule has 0 spiro atoms. The first-order valence-electron chi connectivity index (χ1n) is 8.51. The second-order valence-electron chi connectivity index (χ2n) is 6.14. The lowest BCUT2D eigenvalue weighted by atomic mass is 10.1. The standard InChI is InChI=1S/C20H22N6O/c1-14-4-6-15(7-5-14)18-13-26(2)19(21)17(24-18)12-23-25-20(27-3)16-8-10-22-11-9-16/h4-12,21,23H,13H2,1-3H3/b17-12?,21-19?,25-20-. The number of hydrazone groups is 1. The van der Waals surface area contributed by atoms with E-state index in [-0.39, 0.29) is 0 Å². The molecule has 1 aliphatic heterocycles. The third-order valence-corrected chi connectivity index (χ3v) is 4.14. The topological polar surface area (TPSA) is 86.0 Å². The van der Waals surface area contributed by atoms with Gasteiger partial charge in [0.2, 0.25) is 5.90 Å². The highest BCUT2D eigenvalue weighted by Gasteiger charge is 2.20. The van der Waals surface area contributed by atoms with Gasteiger partial charge in [0.15, 0.2) is 0 Å². The summed E-state index contributed by atoms with van der Waals surface area (Å²) in [5.74, 6) is 0.754. The van der Waals surface area contributed by atoms with Crippen molar-refractivity contribution < 1.29 is 4.74 Å². The second kappa shape index (κ2) is 8.27. The van der Waals surface area contributed by atoms with Gasteiger partial charge in [-0.25, -0.2) is 4.99 Å². The third kappa shape index (κ3) is 4.38. The molecular formula is C20H22N6O. The Labute approximate surface area is 158 Å². The normalized spacial score (nSPS) is 16.3. The number of benzene rings is 1. The lowest BCUT2D eigenvalue weighted by Crippen LogP contribution is -2.37. The quantitative estimate of drug-likeness (QED) is 0.497. The fourth-order valence-electron chi connectivity index (χ4n) is 2.61. The number of aliphatic imine (C=N–C) groups is 1. The summed E-state index contributed by atoms with van der Waals surface area (Å²) >= 11 is 0. The van der Waals surface area contributed by atoms with Crippen molar-refractivity contribution in [2.24, 2.45) is 10.1 Å². The van der Waals surface area contributed by atoms with E-state index in [1.165, 1.54) is 5.56 Å². The predicted octanol–water partition coefficient (Wildman–Crippen LogP) is 2.54. The summed E-state index contributed by atoms with van der Waals surface area (Å²) in [7, 11) is 3.43. The average molecular weight is 362 g/mol. The van der Waals surface area contributed by atoms with Gasteiger partial charge in [-0.05, 0) is 24.6 Å². The van der Waals surface area contributed by atoms with Crippen LogP contribution < -0.4 is 5.43 Å². The van der Waals surface area contributed by atoms with Crippen LogP contribution in [0.2, 0.25) is 0 Å². The van der Waals surface area contributed by atoms with Gasteiger partial charge < -0.3 is 9.64 Å². The highest BCUT2D eigenvalue weighted by molar-refractivity contribution is 6.11. The minimum Gasteiger partial charge on any atom is -0.480 e. The molecule has 1 aromatic heterocycles. The van der Waals surface area contributed by atoms with Gasteiger partial charge in [0.25, 0.3) is 0 Å². The SMILES string of the molecule is CO/C(=N\NC=C1N=C(c2ccc(C)cc2)CN(C)C1=N)c1ccncc1. The number of ether oxygens (including phenoxy) is 1. The first kappa shape index (κ1) is 18.3. The molecule has 0 atom stereocenters. The van der Waals surface area contributed by atoms with Crippen molar-refractivity contribution in [1.82, 2.24) is 15.3 Å². The average Bonchev–Trinajstić information content (AvgIpc) is 2.69. The van der Waals surface area contributed by atoms with Gasteiger partial charge in [0.1, 0.15) is 11.5 Å². The number of hydrogen-bond acceptors (Lipinski definition) is 6. The van der Waals surface area contributed by atoms with Crippen LogP contribution in [-0.2, 0) is 4.74 Å². The zero-order chi connectivity index (χ0) is 19.2. The number of hydrogen-bond donors (Lipinski definition) is 2. The van der Waals surface area contributed by atoms with Crippen molar-refractivity contribution in [3.05, 3.63) is 77.4 Å². The van der Waals surface area contributed by atoms with Crippen LogP contribution in [0.5, 0.6) is 0 Å². The van der Waals surface area contributed by atoms with E-state index in [1.807, 2.05) is 24.1 Å². The maximum Gasteiger partial charge on any atom is 0.238 e. The molecule has 7 nitrogen and oxygen atoms in total. The highest BCUT2D eigenvalue weighted by atomic mass is 16.5. The summed E-state index contributed by atoms with van der Waals surface area (Å²) in [5, 5.41) is 12.5. The molecule has 3 rings (SSSR count). The van der Waals surface area contributed by atoms with E-state index < -0.39 is 0 Å². The van der Waals surface area contributed by atoms with E-state index in [9.17, 15) is 0 Å². The summed E-state index contributed by atoms with van der Waals surface area (Å²) in [6, 6.07) is 11.8. The van der Waals surface area contributed by atoms with Gasteiger partial charge in [-0.2, -0.15) is 0 Å². The largest absolute Gasteiger partial charge is 0.480 e. The molecule has 0 amide bonds. The molecule has 0 unspecified atom stereocenters. The van der Waals surface area contributed by atoms with Gasteiger partial charge in [-0.1, -0.05) is 29.8 Å². The van der Waals surface area contributed by atoms with Gasteiger partial charge in [-0.15, -0.1) is 5.10 Å². The number of nitrogens with zero attached hydrogens (tertiary/aromatic N) is 4. The lowest BCUT2D eigenvalue weighted by molar-refractivity contribution is 0.400. The van der Waals surface area contributed by atoms with E-state index in [0.717, 1.165) is 16.8 Å². The number of aryl methyl sites for hydroxylation is 1. The van der Waals surface area contributed by atoms with Crippen LogP contribution >= 0.6 is 0 Å². The molecule has 0 saturated heterocycles. The summed E-state index contributed by atoms with van der Waals surface area (Å²) < 4.78 is 5.31. The minimum absolute atomic E-state index is 0.330. The number of pyridine rings is 1. The number of methoxy groups -OCH3 is 1. The van der Waals surface area contributed by atoms with E-state index in [1.54, 1.807) is 37.8 Å². The van der Waals surface area contributed by atoms with E-state index >= 15 is 0 Å². The van der Waals surface area contributed by atoms with Gasteiger partial charge in [-0.3, -0.25) is 15.8 Å². The Bertz CT molecular complexity index is 900. The van der Waals surface area contributed by atoms with Crippen LogP contribution in [0.25, 0.3) is 0 Å². The molecule has 2 heterocycles. The first-order valence-corrected chi connectivity index (χ1v) is 8.51. The maximum absolute atomic E-state index is 8.26. The molecule has 1 aromatic carbocycles. The zero-order valence-electron chi connectivity index (χ0n) is 15.6. The Morgan fingerprint density at radius 3 is 2.59 bits per heavy atom. The van der Waals surface area contributed by atoms with Crippen molar-refractivity contribution in [1.29, 1.82) is 5.41 Å². The number of amidine groups is 1. The monoisotopic (exact) mass is 362 g/mol. The molecule has 0 fully saturated rings. The van der Waals surface area contributed by atoms with E-state index in [4.69, 9.17) is 10.1 Å². The van der Waals surface area contributed by atoms with Crippen molar-refractivity contribution in [2.45, 2.75) is 6.92 Å². The number of aromatic nitrogens is 1. The summed E-state index contributed by atoms with van der Waals surface area (Å²) in [6.45, 7) is 2.64. The molecule has 27 heavy (non-hydrogen) atoms. The molecular weight excluding hydrogens is 340 g/mol. The van der Waals surface area contributed by atoms with Crippen LogP contribution in [0.15, 0.2) is 70.8 Å². The summed E-state index contributed by atoms with van der Waals surface area (Å²) in [4.78, 5) is 10.5.